The maximum absolute atomic E-state index is 13.9. The zero-order chi connectivity index (χ0) is 21.8. The topological polar surface area (TPSA) is 93.2 Å². The van der Waals surface area contributed by atoms with Crippen molar-refractivity contribution >= 4 is 23.5 Å². The van der Waals surface area contributed by atoms with Crippen molar-refractivity contribution in [3.8, 4) is 11.3 Å². The fourth-order valence-corrected chi connectivity index (χ4v) is 4.23. The summed E-state index contributed by atoms with van der Waals surface area (Å²) >= 11 is 5.72. The van der Waals surface area contributed by atoms with Gasteiger partial charge in [-0.2, -0.15) is 5.10 Å². The van der Waals surface area contributed by atoms with Gasteiger partial charge in [0.1, 0.15) is 11.5 Å². The van der Waals surface area contributed by atoms with Crippen LogP contribution in [-0.2, 0) is 13.1 Å². The number of nitrogens with one attached hydrogen (secondary N) is 1. The highest BCUT2D eigenvalue weighted by Crippen LogP contribution is 2.45. The number of carbonyl (C=O) groups is 2. The maximum atomic E-state index is 13.9. The molecule has 0 unspecified atom stereocenters. The van der Waals surface area contributed by atoms with Gasteiger partial charge < -0.3 is 16.0 Å². The van der Waals surface area contributed by atoms with Gasteiger partial charge in [-0.3, -0.25) is 9.48 Å². The van der Waals surface area contributed by atoms with E-state index in [0.717, 1.165) is 6.07 Å². The van der Waals surface area contributed by atoms with E-state index in [4.69, 9.17) is 17.3 Å². The number of rotatable bonds is 3. The van der Waals surface area contributed by atoms with Crippen molar-refractivity contribution in [2.75, 3.05) is 6.54 Å². The summed E-state index contributed by atoms with van der Waals surface area (Å²) in [7, 11) is 0. The Kier molecular flexibility index (Phi) is 4.72. The first-order chi connectivity index (χ1) is 14.0. The standard InChI is InChI=1S/C19H19ClF3N5O2/c1-18(8-19(22,23)9-18)25-17(30)27-4-5-28-13(7-27)14(16(24)29)15(26-28)10-2-3-11(20)12(21)6-10/h2-3,6H,4-5,7-9H2,1H3,(H2,24,29)(H,25,30). The van der Waals surface area contributed by atoms with Gasteiger partial charge in [0, 0.05) is 24.9 Å². The van der Waals surface area contributed by atoms with E-state index in [9.17, 15) is 22.8 Å². The van der Waals surface area contributed by atoms with Crippen LogP contribution in [0.1, 0.15) is 35.8 Å². The zero-order valence-corrected chi connectivity index (χ0v) is 16.8. The second-order valence-electron chi connectivity index (χ2n) is 8.01. The number of benzene rings is 1. The first-order valence-electron chi connectivity index (χ1n) is 9.28. The molecule has 0 saturated heterocycles. The maximum Gasteiger partial charge on any atom is 0.318 e. The lowest BCUT2D eigenvalue weighted by Gasteiger charge is -2.46. The summed E-state index contributed by atoms with van der Waals surface area (Å²) in [5.74, 6) is -4.21. The van der Waals surface area contributed by atoms with Gasteiger partial charge in [-0.1, -0.05) is 17.7 Å². The van der Waals surface area contributed by atoms with Crippen molar-refractivity contribution < 1.29 is 22.8 Å². The quantitative estimate of drug-likeness (QED) is 0.766. The van der Waals surface area contributed by atoms with Crippen LogP contribution in [-0.4, -0.2) is 44.6 Å². The third-order valence-corrected chi connectivity index (χ3v) is 5.72. The van der Waals surface area contributed by atoms with Crippen LogP contribution >= 0.6 is 11.6 Å². The van der Waals surface area contributed by atoms with Crippen molar-refractivity contribution in [2.24, 2.45) is 5.73 Å². The number of halogens is 4. The van der Waals surface area contributed by atoms with Gasteiger partial charge in [0.2, 0.25) is 0 Å². The Bertz CT molecular complexity index is 1050. The smallest absolute Gasteiger partial charge is 0.318 e. The summed E-state index contributed by atoms with van der Waals surface area (Å²) in [5.41, 5.74) is 5.58. The van der Waals surface area contributed by atoms with Crippen molar-refractivity contribution in [1.29, 1.82) is 0 Å². The lowest BCUT2D eigenvalue weighted by atomic mass is 9.75. The summed E-state index contributed by atoms with van der Waals surface area (Å²) in [6.45, 7) is 2.11. The molecule has 11 heteroatoms. The highest BCUT2D eigenvalue weighted by Gasteiger charge is 2.54. The summed E-state index contributed by atoms with van der Waals surface area (Å²) in [4.78, 5) is 26.2. The van der Waals surface area contributed by atoms with Gasteiger partial charge in [-0.25, -0.2) is 18.0 Å². The predicted octanol–water partition coefficient (Wildman–Crippen LogP) is 3.15. The second-order valence-corrected chi connectivity index (χ2v) is 8.42. The van der Waals surface area contributed by atoms with E-state index < -0.39 is 42.1 Å². The van der Waals surface area contributed by atoms with Gasteiger partial charge in [0.25, 0.3) is 11.8 Å². The molecule has 1 aliphatic heterocycles. The van der Waals surface area contributed by atoms with Crippen LogP contribution < -0.4 is 11.1 Å². The van der Waals surface area contributed by atoms with Crippen LogP contribution in [0, 0.1) is 5.82 Å². The molecule has 1 aromatic heterocycles. The Hall–Kier alpha value is -2.75. The molecule has 2 heterocycles. The van der Waals surface area contributed by atoms with E-state index in [0.29, 0.717) is 11.3 Å². The highest BCUT2D eigenvalue weighted by molar-refractivity contribution is 6.30. The molecule has 1 saturated carbocycles. The molecule has 1 fully saturated rings. The van der Waals surface area contributed by atoms with Crippen molar-refractivity contribution in [1.82, 2.24) is 20.0 Å². The van der Waals surface area contributed by atoms with Crippen LogP contribution in [0.2, 0.25) is 5.02 Å². The molecule has 2 aliphatic rings. The van der Waals surface area contributed by atoms with Crippen molar-refractivity contribution in [3.63, 3.8) is 0 Å². The minimum Gasteiger partial charge on any atom is -0.365 e. The van der Waals surface area contributed by atoms with E-state index in [2.05, 4.69) is 10.4 Å². The Morgan fingerprint density at radius 3 is 2.57 bits per heavy atom. The lowest BCUT2D eigenvalue weighted by molar-refractivity contribution is -0.124. The average molecular weight is 442 g/mol. The molecule has 0 spiro atoms. The van der Waals surface area contributed by atoms with Crippen molar-refractivity contribution in [3.05, 3.63) is 40.3 Å². The number of hydrogen-bond donors (Lipinski definition) is 2. The lowest BCUT2D eigenvalue weighted by Crippen LogP contribution is -2.62. The molecular weight excluding hydrogens is 423 g/mol. The number of nitrogens with two attached hydrogens (primary N) is 1. The normalized spacial score (nSPS) is 19.0. The van der Waals surface area contributed by atoms with Gasteiger partial charge >= 0.3 is 6.03 Å². The molecule has 0 bridgehead atoms. The Balaban J connectivity index is 1.60. The van der Waals surface area contributed by atoms with Crippen LogP contribution in [0.3, 0.4) is 0 Å². The number of aromatic nitrogens is 2. The number of carbonyl (C=O) groups excluding carboxylic acids is 2. The van der Waals surface area contributed by atoms with Crippen LogP contribution in [0.25, 0.3) is 11.3 Å². The summed E-state index contributed by atoms with van der Waals surface area (Å²) < 4.78 is 41.9. The molecule has 0 radical (unpaired) electrons. The number of primary amides is 1. The molecule has 2 aromatic rings. The Morgan fingerprint density at radius 1 is 1.27 bits per heavy atom. The SMILES string of the molecule is CC1(NC(=O)N2CCn3nc(-c4ccc(Cl)c(F)c4)c(C(N)=O)c3C2)CC(F)(F)C1. The molecule has 0 atom stereocenters. The minimum absolute atomic E-state index is 0.0135. The number of hydrogen-bond acceptors (Lipinski definition) is 3. The molecule has 3 N–H and O–H groups in total. The number of amides is 3. The molecule has 3 amide bonds. The highest BCUT2D eigenvalue weighted by atomic mass is 35.5. The first kappa shape index (κ1) is 20.5. The number of nitrogens with zero attached hydrogens (tertiary/aromatic N) is 3. The average Bonchev–Trinajstić information content (AvgIpc) is 3.00. The first-order valence-corrected chi connectivity index (χ1v) is 9.66. The predicted molar refractivity (Wildman–Crippen MR) is 103 cm³/mol. The van der Waals surface area contributed by atoms with Crippen LogP contribution in [0.4, 0.5) is 18.0 Å². The minimum atomic E-state index is -2.77. The van der Waals surface area contributed by atoms with E-state index in [1.165, 1.54) is 17.0 Å². The van der Waals surface area contributed by atoms with Crippen LogP contribution in [0.5, 0.6) is 0 Å². The number of urea groups is 1. The van der Waals surface area contributed by atoms with E-state index in [1.807, 2.05) is 0 Å². The molecule has 7 nitrogen and oxygen atoms in total. The Morgan fingerprint density at radius 2 is 1.97 bits per heavy atom. The molecule has 1 aliphatic carbocycles. The van der Waals surface area contributed by atoms with Gasteiger partial charge in [0.05, 0.1) is 34.9 Å². The summed E-state index contributed by atoms with van der Waals surface area (Å²) in [6.07, 6.45) is -0.841. The largest absolute Gasteiger partial charge is 0.365 e. The fraction of sp³-hybridized carbons (Fsp3) is 0.421. The third kappa shape index (κ3) is 3.60. The molecule has 1 aromatic carbocycles. The van der Waals surface area contributed by atoms with Gasteiger partial charge in [-0.15, -0.1) is 0 Å². The zero-order valence-electron chi connectivity index (χ0n) is 16.0. The van der Waals surface area contributed by atoms with Crippen LogP contribution in [0.15, 0.2) is 18.2 Å². The Labute approximate surface area is 175 Å². The molecule has 4 rings (SSSR count). The van der Waals surface area contributed by atoms with E-state index in [-0.39, 0.29) is 35.9 Å². The molecular formula is C19H19ClF3N5O2. The van der Waals surface area contributed by atoms with E-state index in [1.54, 1.807) is 11.6 Å². The molecule has 30 heavy (non-hydrogen) atoms. The number of alkyl halides is 2. The fourth-order valence-electron chi connectivity index (χ4n) is 4.11. The van der Waals surface area contributed by atoms with Gasteiger partial charge in [-0.05, 0) is 19.1 Å². The summed E-state index contributed by atoms with van der Waals surface area (Å²) in [6, 6.07) is 3.53. The van der Waals surface area contributed by atoms with E-state index >= 15 is 0 Å². The second kappa shape index (κ2) is 6.90. The number of fused-ring (bicyclic) bond motifs is 1. The van der Waals surface area contributed by atoms with Gasteiger partial charge in [0.15, 0.2) is 0 Å². The third-order valence-electron chi connectivity index (χ3n) is 5.41. The monoisotopic (exact) mass is 441 g/mol. The van der Waals surface area contributed by atoms with Crippen molar-refractivity contribution in [2.45, 2.75) is 44.3 Å². The summed E-state index contributed by atoms with van der Waals surface area (Å²) in [5, 5.41) is 6.95. The molecule has 160 valence electrons.